The normalized spacial score (nSPS) is 11.1. The van der Waals surface area contributed by atoms with E-state index in [1.54, 1.807) is 43.2 Å². The molecule has 0 atom stereocenters. The van der Waals surface area contributed by atoms with Crippen LogP contribution in [0.4, 0.5) is 0 Å². The molecule has 0 bridgehead atoms. The average molecular weight is 526 g/mol. The van der Waals surface area contributed by atoms with Crippen LogP contribution in [-0.4, -0.2) is 41.4 Å². The van der Waals surface area contributed by atoms with E-state index in [9.17, 15) is 14.7 Å². The van der Waals surface area contributed by atoms with Crippen LogP contribution in [0.1, 0.15) is 11.1 Å². The standard InChI is InChI=1S/C30H27N3O6/c1-37-25-12-20-11-21(16-34)23(17-39-29(36)15-31)30(22(20)14-26(25)38-2)19-9-10-32-27(13-19)33-24-6-4-3-5-18(24)7-8-28(33)35/h3-14,34H,15-17,31H2,1-2H3. The molecule has 198 valence electrons. The molecule has 9 nitrogen and oxygen atoms in total. The van der Waals surface area contributed by atoms with E-state index in [1.807, 2.05) is 42.5 Å². The molecule has 9 heteroatoms. The summed E-state index contributed by atoms with van der Waals surface area (Å²) in [6.45, 7) is -0.684. The van der Waals surface area contributed by atoms with Crippen molar-refractivity contribution in [2.24, 2.45) is 5.73 Å². The molecule has 0 saturated carbocycles. The first kappa shape index (κ1) is 25.9. The number of ether oxygens (including phenoxy) is 3. The van der Waals surface area contributed by atoms with Crippen LogP contribution in [-0.2, 0) is 22.7 Å². The maximum Gasteiger partial charge on any atom is 0.320 e. The SMILES string of the molecule is COc1cc2cc(CO)c(COC(=O)CN)c(-c3ccnc(-n4c(=O)ccc5ccccc54)c3)c2cc1OC. The lowest BCUT2D eigenvalue weighted by atomic mass is 9.90. The molecule has 0 radical (unpaired) electrons. The Morgan fingerprint density at radius 2 is 1.74 bits per heavy atom. The Morgan fingerprint density at radius 1 is 0.974 bits per heavy atom. The Morgan fingerprint density at radius 3 is 2.49 bits per heavy atom. The number of para-hydroxylation sites is 1. The number of benzene rings is 3. The quantitative estimate of drug-likeness (QED) is 0.294. The molecule has 5 rings (SSSR count). The van der Waals surface area contributed by atoms with Gasteiger partial charge in [0.15, 0.2) is 11.5 Å². The molecule has 5 aromatic rings. The van der Waals surface area contributed by atoms with E-state index in [0.29, 0.717) is 45.1 Å². The molecule has 0 aliphatic heterocycles. The summed E-state index contributed by atoms with van der Waals surface area (Å²) in [5.74, 6) is 0.879. The lowest BCUT2D eigenvalue weighted by molar-refractivity contribution is -0.143. The van der Waals surface area contributed by atoms with E-state index in [-0.39, 0.29) is 25.3 Å². The zero-order chi connectivity index (χ0) is 27.5. The molecule has 3 aromatic carbocycles. The van der Waals surface area contributed by atoms with Crippen LogP contribution in [0.3, 0.4) is 0 Å². The number of hydrogen-bond acceptors (Lipinski definition) is 8. The fraction of sp³-hybridized carbons (Fsp3) is 0.167. The van der Waals surface area contributed by atoms with Gasteiger partial charge in [-0.3, -0.25) is 14.2 Å². The first-order valence-corrected chi connectivity index (χ1v) is 12.2. The number of aliphatic hydroxyl groups excluding tert-OH is 1. The van der Waals surface area contributed by atoms with Crippen LogP contribution < -0.4 is 20.8 Å². The summed E-state index contributed by atoms with van der Waals surface area (Å²) in [5, 5.41) is 12.7. The van der Waals surface area contributed by atoms with Crippen LogP contribution in [0.15, 0.2) is 77.7 Å². The summed E-state index contributed by atoms with van der Waals surface area (Å²) < 4.78 is 18.0. The largest absolute Gasteiger partial charge is 0.493 e. The van der Waals surface area contributed by atoms with Crippen molar-refractivity contribution in [1.29, 1.82) is 0 Å². The van der Waals surface area contributed by atoms with Crippen molar-refractivity contribution < 1.29 is 24.1 Å². The first-order chi connectivity index (χ1) is 19.0. The molecule has 0 aliphatic carbocycles. The maximum absolute atomic E-state index is 13.0. The molecule has 0 fully saturated rings. The second kappa shape index (κ2) is 10.9. The fourth-order valence-corrected chi connectivity index (χ4v) is 4.79. The van der Waals surface area contributed by atoms with Crippen molar-refractivity contribution in [2.75, 3.05) is 20.8 Å². The highest BCUT2D eigenvalue weighted by Crippen LogP contribution is 2.41. The van der Waals surface area contributed by atoms with Gasteiger partial charge < -0.3 is 25.1 Å². The fourth-order valence-electron chi connectivity index (χ4n) is 4.79. The average Bonchev–Trinajstić information content (AvgIpc) is 2.98. The number of carbonyl (C=O) groups excluding carboxylic acids is 1. The van der Waals surface area contributed by atoms with Gasteiger partial charge in [0.05, 0.1) is 32.9 Å². The molecular formula is C30H27N3O6. The minimum Gasteiger partial charge on any atom is -0.493 e. The van der Waals surface area contributed by atoms with Gasteiger partial charge in [-0.15, -0.1) is 0 Å². The molecule has 39 heavy (non-hydrogen) atoms. The van der Waals surface area contributed by atoms with Gasteiger partial charge in [-0.25, -0.2) is 4.98 Å². The first-order valence-electron chi connectivity index (χ1n) is 12.2. The van der Waals surface area contributed by atoms with Gasteiger partial charge >= 0.3 is 5.97 Å². The third-order valence-corrected chi connectivity index (χ3v) is 6.63. The van der Waals surface area contributed by atoms with Crippen LogP contribution in [0.25, 0.3) is 38.6 Å². The highest BCUT2D eigenvalue weighted by Gasteiger charge is 2.20. The van der Waals surface area contributed by atoms with Crippen molar-refractivity contribution in [1.82, 2.24) is 9.55 Å². The van der Waals surface area contributed by atoms with Gasteiger partial charge in [0.2, 0.25) is 0 Å². The molecule has 2 heterocycles. The van der Waals surface area contributed by atoms with Gasteiger partial charge in [-0.1, -0.05) is 18.2 Å². The van der Waals surface area contributed by atoms with Gasteiger partial charge in [0.25, 0.3) is 5.56 Å². The van der Waals surface area contributed by atoms with E-state index in [0.717, 1.165) is 16.2 Å². The van der Waals surface area contributed by atoms with Crippen LogP contribution in [0.2, 0.25) is 0 Å². The molecule has 2 aromatic heterocycles. The zero-order valence-electron chi connectivity index (χ0n) is 21.5. The number of aliphatic hydroxyl groups is 1. The van der Waals surface area contributed by atoms with E-state index in [4.69, 9.17) is 19.9 Å². The maximum atomic E-state index is 13.0. The molecule has 0 unspecified atom stereocenters. The van der Waals surface area contributed by atoms with Crippen molar-refractivity contribution in [3.05, 3.63) is 94.4 Å². The van der Waals surface area contributed by atoms with Gasteiger partial charge in [-0.2, -0.15) is 0 Å². The number of nitrogens with two attached hydrogens (primary N) is 1. The summed E-state index contributed by atoms with van der Waals surface area (Å²) in [6.07, 6.45) is 1.62. The Labute approximate surface area is 224 Å². The summed E-state index contributed by atoms with van der Waals surface area (Å²) in [4.78, 5) is 29.5. The Balaban J connectivity index is 1.82. The lowest BCUT2D eigenvalue weighted by Gasteiger charge is -2.20. The molecular weight excluding hydrogens is 498 g/mol. The molecule has 0 amide bonds. The Hall–Kier alpha value is -4.73. The van der Waals surface area contributed by atoms with Crippen LogP contribution >= 0.6 is 0 Å². The number of nitrogens with zero attached hydrogens (tertiary/aromatic N) is 2. The van der Waals surface area contributed by atoms with Crippen LogP contribution in [0.5, 0.6) is 11.5 Å². The van der Waals surface area contributed by atoms with E-state index in [1.165, 1.54) is 6.07 Å². The lowest BCUT2D eigenvalue weighted by Crippen LogP contribution is -2.18. The number of rotatable bonds is 8. The van der Waals surface area contributed by atoms with Crippen LogP contribution in [0, 0.1) is 0 Å². The summed E-state index contributed by atoms with van der Waals surface area (Å²) >= 11 is 0. The van der Waals surface area contributed by atoms with Gasteiger partial charge in [0, 0.05) is 17.8 Å². The molecule has 3 N–H and O–H groups in total. The molecule has 0 aliphatic rings. The summed E-state index contributed by atoms with van der Waals surface area (Å²) in [6, 6.07) is 19.9. The predicted molar refractivity (Wildman–Crippen MR) is 148 cm³/mol. The molecule has 0 spiro atoms. The second-order valence-corrected chi connectivity index (χ2v) is 8.81. The highest BCUT2D eigenvalue weighted by atomic mass is 16.5. The van der Waals surface area contributed by atoms with Gasteiger partial charge in [-0.05, 0) is 75.3 Å². The Kier molecular flexibility index (Phi) is 7.27. The van der Waals surface area contributed by atoms with Crippen molar-refractivity contribution in [3.63, 3.8) is 0 Å². The van der Waals surface area contributed by atoms with Crippen molar-refractivity contribution in [2.45, 2.75) is 13.2 Å². The highest BCUT2D eigenvalue weighted by molar-refractivity contribution is 6.01. The molecule has 0 saturated heterocycles. The number of hydrogen-bond donors (Lipinski definition) is 2. The number of methoxy groups -OCH3 is 2. The minimum absolute atomic E-state index is 0.114. The second-order valence-electron chi connectivity index (χ2n) is 8.81. The van der Waals surface area contributed by atoms with E-state index < -0.39 is 5.97 Å². The monoisotopic (exact) mass is 525 g/mol. The number of aromatic nitrogens is 2. The number of carbonyl (C=O) groups is 1. The Bertz CT molecular complexity index is 1760. The third kappa shape index (κ3) is 4.81. The van der Waals surface area contributed by atoms with E-state index >= 15 is 0 Å². The number of pyridine rings is 2. The predicted octanol–water partition coefficient (Wildman–Crippen LogP) is 3.72. The topological polar surface area (TPSA) is 126 Å². The van der Waals surface area contributed by atoms with Crippen molar-refractivity contribution >= 4 is 27.6 Å². The van der Waals surface area contributed by atoms with Crippen molar-refractivity contribution in [3.8, 4) is 28.4 Å². The zero-order valence-corrected chi connectivity index (χ0v) is 21.5. The minimum atomic E-state index is -0.574. The number of fused-ring (bicyclic) bond motifs is 2. The summed E-state index contributed by atoms with van der Waals surface area (Å²) in [7, 11) is 3.10. The summed E-state index contributed by atoms with van der Waals surface area (Å²) in [5.41, 5.74) is 8.51. The number of esters is 1. The van der Waals surface area contributed by atoms with Gasteiger partial charge in [0.1, 0.15) is 12.4 Å². The van der Waals surface area contributed by atoms with E-state index in [2.05, 4.69) is 4.98 Å². The third-order valence-electron chi connectivity index (χ3n) is 6.63. The smallest absolute Gasteiger partial charge is 0.320 e.